The van der Waals surface area contributed by atoms with E-state index < -0.39 is 0 Å². The van der Waals surface area contributed by atoms with Gasteiger partial charge in [-0.15, -0.1) is 11.6 Å². The van der Waals surface area contributed by atoms with Crippen LogP contribution in [0, 0.1) is 12.7 Å². The van der Waals surface area contributed by atoms with Crippen molar-refractivity contribution >= 4 is 11.6 Å². The van der Waals surface area contributed by atoms with E-state index in [1.54, 1.807) is 13.2 Å². The summed E-state index contributed by atoms with van der Waals surface area (Å²) >= 11 is 6.45. The first-order valence-electron chi connectivity index (χ1n) is 6.13. The Labute approximate surface area is 118 Å². The van der Waals surface area contributed by atoms with Crippen LogP contribution in [0.3, 0.4) is 0 Å². The van der Waals surface area contributed by atoms with E-state index >= 15 is 0 Å². The number of aryl methyl sites for hydroxylation is 1. The molecule has 100 valence electrons. The van der Waals surface area contributed by atoms with Gasteiger partial charge in [-0.05, 0) is 37.1 Å². The van der Waals surface area contributed by atoms with Gasteiger partial charge in [0.15, 0.2) is 0 Å². The lowest BCUT2D eigenvalue weighted by atomic mass is 10.0. The van der Waals surface area contributed by atoms with E-state index in [1.165, 1.54) is 12.1 Å². The molecule has 1 atom stereocenters. The van der Waals surface area contributed by atoms with Crippen LogP contribution in [0.4, 0.5) is 4.39 Å². The molecule has 0 saturated heterocycles. The molecule has 1 unspecified atom stereocenters. The minimum Gasteiger partial charge on any atom is -0.496 e. The maximum absolute atomic E-state index is 13.2. The molecule has 0 aliphatic heterocycles. The monoisotopic (exact) mass is 278 g/mol. The van der Waals surface area contributed by atoms with Gasteiger partial charge in [0.25, 0.3) is 0 Å². The fourth-order valence-corrected chi connectivity index (χ4v) is 2.43. The number of hydrogen-bond donors (Lipinski definition) is 0. The highest BCUT2D eigenvalue weighted by molar-refractivity contribution is 6.21. The number of hydrogen-bond acceptors (Lipinski definition) is 1. The van der Waals surface area contributed by atoms with Crippen molar-refractivity contribution in [3.05, 3.63) is 65.0 Å². The van der Waals surface area contributed by atoms with Gasteiger partial charge in [0.1, 0.15) is 11.6 Å². The molecule has 0 aliphatic rings. The Morgan fingerprint density at radius 1 is 1.21 bits per heavy atom. The summed E-state index contributed by atoms with van der Waals surface area (Å²) in [6, 6.07) is 12.4. The maximum atomic E-state index is 13.2. The van der Waals surface area contributed by atoms with Crippen LogP contribution in [0.5, 0.6) is 5.75 Å². The Kier molecular flexibility index (Phi) is 4.43. The van der Waals surface area contributed by atoms with Crippen molar-refractivity contribution in [2.45, 2.75) is 18.7 Å². The second kappa shape index (κ2) is 6.07. The van der Waals surface area contributed by atoms with E-state index in [0.29, 0.717) is 6.42 Å². The van der Waals surface area contributed by atoms with E-state index in [-0.39, 0.29) is 11.2 Å². The lowest BCUT2D eigenvalue weighted by Gasteiger charge is -2.15. The fourth-order valence-electron chi connectivity index (χ4n) is 2.08. The lowest BCUT2D eigenvalue weighted by molar-refractivity contribution is 0.409. The van der Waals surface area contributed by atoms with Crippen molar-refractivity contribution in [1.29, 1.82) is 0 Å². The Morgan fingerprint density at radius 3 is 2.68 bits per heavy atom. The number of benzene rings is 2. The van der Waals surface area contributed by atoms with Crippen LogP contribution in [0.1, 0.15) is 22.1 Å². The van der Waals surface area contributed by atoms with Crippen LogP contribution in [0.2, 0.25) is 0 Å². The molecule has 0 aromatic heterocycles. The van der Waals surface area contributed by atoms with Crippen LogP contribution in [0.15, 0.2) is 42.5 Å². The van der Waals surface area contributed by atoms with Crippen molar-refractivity contribution in [2.24, 2.45) is 0 Å². The van der Waals surface area contributed by atoms with Gasteiger partial charge in [-0.1, -0.05) is 29.8 Å². The predicted molar refractivity (Wildman–Crippen MR) is 76.4 cm³/mol. The van der Waals surface area contributed by atoms with E-state index in [0.717, 1.165) is 22.4 Å². The van der Waals surface area contributed by atoms with Crippen molar-refractivity contribution < 1.29 is 9.13 Å². The molecule has 19 heavy (non-hydrogen) atoms. The highest BCUT2D eigenvalue weighted by Crippen LogP contribution is 2.33. The zero-order valence-electron chi connectivity index (χ0n) is 11.0. The van der Waals surface area contributed by atoms with Gasteiger partial charge in [-0.3, -0.25) is 0 Å². The van der Waals surface area contributed by atoms with Gasteiger partial charge in [0.2, 0.25) is 0 Å². The third kappa shape index (κ3) is 3.48. The Bertz CT molecular complexity index is 568. The molecular formula is C16H16ClFO. The summed E-state index contributed by atoms with van der Waals surface area (Å²) in [4.78, 5) is 0. The molecule has 0 bridgehead atoms. The quantitative estimate of drug-likeness (QED) is 0.739. The molecule has 0 N–H and O–H groups in total. The summed E-state index contributed by atoms with van der Waals surface area (Å²) in [5.74, 6) is 0.527. The van der Waals surface area contributed by atoms with Crippen LogP contribution in [0.25, 0.3) is 0 Å². The number of rotatable bonds is 4. The first-order valence-corrected chi connectivity index (χ1v) is 6.57. The largest absolute Gasteiger partial charge is 0.496 e. The van der Waals surface area contributed by atoms with Gasteiger partial charge >= 0.3 is 0 Å². The minimum atomic E-state index is -0.239. The highest BCUT2D eigenvalue weighted by Gasteiger charge is 2.14. The molecule has 0 radical (unpaired) electrons. The molecule has 2 aromatic rings. The first-order chi connectivity index (χ1) is 9.10. The van der Waals surface area contributed by atoms with Crippen molar-refractivity contribution in [3.8, 4) is 5.75 Å². The number of alkyl halides is 1. The molecule has 0 fully saturated rings. The summed E-state index contributed by atoms with van der Waals surface area (Å²) in [5.41, 5.74) is 2.94. The van der Waals surface area contributed by atoms with Crippen LogP contribution >= 0.6 is 11.6 Å². The normalized spacial score (nSPS) is 12.2. The predicted octanol–water partition coefficient (Wildman–Crippen LogP) is 4.67. The van der Waals surface area contributed by atoms with Crippen molar-refractivity contribution in [1.82, 2.24) is 0 Å². The van der Waals surface area contributed by atoms with E-state index in [1.807, 2.05) is 31.2 Å². The Balaban J connectivity index is 2.24. The van der Waals surface area contributed by atoms with E-state index in [2.05, 4.69) is 0 Å². The van der Waals surface area contributed by atoms with Crippen LogP contribution in [-0.4, -0.2) is 7.11 Å². The Hall–Kier alpha value is -1.54. The zero-order chi connectivity index (χ0) is 13.8. The van der Waals surface area contributed by atoms with Gasteiger partial charge in [0, 0.05) is 5.56 Å². The molecule has 2 aromatic carbocycles. The Morgan fingerprint density at radius 2 is 2.00 bits per heavy atom. The summed E-state index contributed by atoms with van der Waals surface area (Å²) < 4.78 is 18.5. The molecule has 0 heterocycles. The standard InChI is InChI=1S/C16H16ClFO/c1-11-6-7-16(19-2)14(8-11)15(17)10-12-4-3-5-13(18)9-12/h3-9,15H,10H2,1-2H3. The van der Waals surface area contributed by atoms with Crippen LogP contribution in [-0.2, 0) is 6.42 Å². The smallest absolute Gasteiger partial charge is 0.123 e. The van der Waals surface area contributed by atoms with Gasteiger partial charge in [0.05, 0.1) is 12.5 Å². The minimum absolute atomic E-state index is 0.238. The highest BCUT2D eigenvalue weighted by atomic mass is 35.5. The van der Waals surface area contributed by atoms with Gasteiger partial charge in [-0.2, -0.15) is 0 Å². The second-order valence-corrected chi connectivity index (χ2v) is 5.07. The van der Waals surface area contributed by atoms with Gasteiger partial charge < -0.3 is 4.74 Å². The van der Waals surface area contributed by atoms with Crippen molar-refractivity contribution in [2.75, 3.05) is 7.11 Å². The summed E-state index contributed by atoms with van der Waals surface area (Å²) in [6.07, 6.45) is 0.569. The number of methoxy groups -OCH3 is 1. The molecular weight excluding hydrogens is 263 g/mol. The van der Waals surface area contributed by atoms with Crippen LogP contribution < -0.4 is 4.74 Å². The molecule has 2 rings (SSSR count). The topological polar surface area (TPSA) is 9.23 Å². The molecule has 3 heteroatoms. The average molecular weight is 279 g/mol. The number of halogens is 2. The zero-order valence-corrected chi connectivity index (χ0v) is 11.7. The van der Waals surface area contributed by atoms with Crippen molar-refractivity contribution in [3.63, 3.8) is 0 Å². The van der Waals surface area contributed by atoms with E-state index in [4.69, 9.17) is 16.3 Å². The molecule has 1 nitrogen and oxygen atoms in total. The van der Waals surface area contributed by atoms with Gasteiger partial charge in [-0.25, -0.2) is 4.39 Å². The summed E-state index contributed by atoms with van der Waals surface area (Å²) in [7, 11) is 1.62. The second-order valence-electron chi connectivity index (χ2n) is 4.55. The SMILES string of the molecule is COc1ccc(C)cc1C(Cl)Cc1cccc(F)c1. The third-order valence-corrected chi connectivity index (χ3v) is 3.42. The summed E-state index contributed by atoms with van der Waals surface area (Å²) in [5, 5.41) is -0.239. The molecule has 0 saturated carbocycles. The lowest BCUT2D eigenvalue weighted by Crippen LogP contribution is -2.00. The first kappa shape index (κ1) is 13.9. The number of ether oxygens (including phenoxy) is 1. The summed E-state index contributed by atoms with van der Waals surface area (Å²) in [6.45, 7) is 2.01. The molecule has 0 spiro atoms. The fraction of sp³-hybridized carbons (Fsp3) is 0.250. The van der Waals surface area contributed by atoms with E-state index in [9.17, 15) is 4.39 Å². The molecule has 0 aliphatic carbocycles. The average Bonchev–Trinajstić information content (AvgIpc) is 2.38. The molecule has 0 amide bonds. The third-order valence-electron chi connectivity index (χ3n) is 3.03. The maximum Gasteiger partial charge on any atom is 0.123 e.